The minimum Gasteiger partial charge on any atom is -0.481 e. The van der Waals surface area contributed by atoms with Gasteiger partial charge in [-0.2, -0.15) is 0 Å². The van der Waals surface area contributed by atoms with Gasteiger partial charge in [0, 0.05) is 12.4 Å². The number of aromatic amines is 1. The number of hydrogen-bond donors (Lipinski definition) is 2. The van der Waals surface area contributed by atoms with Gasteiger partial charge in [0.15, 0.2) is 6.10 Å². The van der Waals surface area contributed by atoms with Gasteiger partial charge < -0.3 is 9.72 Å². The molecule has 1 aromatic carbocycles. The van der Waals surface area contributed by atoms with Gasteiger partial charge in [-0.15, -0.1) is 0 Å². The van der Waals surface area contributed by atoms with Crippen LogP contribution in [0.25, 0.3) is 0 Å². The highest BCUT2D eigenvalue weighted by molar-refractivity contribution is 5.92. The average molecular weight is 245 g/mol. The first kappa shape index (κ1) is 12.2. The van der Waals surface area contributed by atoms with Crippen molar-refractivity contribution < 1.29 is 9.53 Å². The van der Waals surface area contributed by atoms with Crippen molar-refractivity contribution in [2.24, 2.45) is 0 Å². The molecule has 1 aromatic heterocycles. The van der Waals surface area contributed by atoms with Gasteiger partial charge in [0.25, 0.3) is 5.91 Å². The number of ether oxygens (including phenoxy) is 1. The van der Waals surface area contributed by atoms with Crippen LogP contribution in [0.15, 0.2) is 36.7 Å². The topological polar surface area (TPSA) is 67.0 Å². The molecule has 0 saturated carbocycles. The third-order valence-corrected chi connectivity index (χ3v) is 2.44. The number of rotatable bonds is 4. The maximum absolute atomic E-state index is 11.8. The number of anilines is 1. The molecule has 0 fully saturated rings. The van der Waals surface area contributed by atoms with Crippen molar-refractivity contribution in [1.29, 1.82) is 0 Å². The number of nitrogens with one attached hydrogen (secondary N) is 2. The van der Waals surface area contributed by atoms with E-state index in [0.29, 0.717) is 11.7 Å². The van der Waals surface area contributed by atoms with Crippen molar-refractivity contribution in [3.63, 3.8) is 0 Å². The molecule has 0 aliphatic rings. The highest BCUT2D eigenvalue weighted by Crippen LogP contribution is 2.13. The number of aryl methyl sites for hydroxylation is 1. The van der Waals surface area contributed by atoms with Gasteiger partial charge in [0.05, 0.1) is 0 Å². The summed E-state index contributed by atoms with van der Waals surface area (Å²) in [5, 5.41) is 2.62. The van der Waals surface area contributed by atoms with Gasteiger partial charge in [-0.05, 0) is 26.0 Å². The molecule has 5 heteroatoms. The molecule has 5 nitrogen and oxygen atoms in total. The van der Waals surface area contributed by atoms with Crippen LogP contribution in [-0.2, 0) is 4.79 Å². The molecule has 1 heterocycles. The molecule has 2 rings (SSSR count). The lowest BCUT2D eigenvalue weighted by Gasteiger charge is -2.13. The van der Waals surface area contributed by atoms with Crippen molar-refractivity contribution in [3.8, 4) is 5.75 Å². The predicted octanol–water partition coefficient (Wildman–Crippen LogP) is 2.12. The van der Waals surface area contributed by atoms with Gasteiger partial charge in [-0.25, -0.2) is 4.98 Å². The summed E-state index contributed by atoms with van der Waals surface area (Å²) in [6.07, 6.45) is 2.63. The number of nitrogens with zero attached hydrogens (tertiary/aromatic N) is 1. The van der Waals surface area contributed by atoms with Crippen molar-refractivity contribution in [2.45, 2.75) is 20.0 Å². The molecule has 1 atom stereocenters. The first-order chi connectivity index (χ1) is 8.65. The summed E-state index contributed by atoms with van der Waals surface area (Å²) in [5.74, 6) is 0.840. The minimum absolute atomic E-state index is 0.245. The second-order valence-corrected chi connectivity index (χ2v) is 4.00. The fourth-order valence-corrected chi connectivity index (χ4v) is 1.43. The number of H-pyrrole nitrogens is 1. The van der Waals surface area contributed by atoms with Crippen LogP contribution in [0.5, 0.6) is 5.75 Å². The third kappa shape index (κ3) is 3.10. The largest absolute Gasteiger partial charge is 0.481 e. The monoisotopic (exact) mass is 245 g/mol. The second kappa shape index (κ2) is 5.35. The minimum atomic E-state index is -0.585. The van der Waals surface area contributed by atoms with E-state index in [-0.39, 0.29) is 5.91 Å². The molecular formula is C13H15N3O2. The van der Waals surface area contributed by atoms with Crippen LogP contribution in [0.4, 0.5) is 5.95 Å². The van der Waals surface area contributed by atoms with E-state index >= 15 is 0 Å². The van der Waals surface area contributed by atoms with E-state index in [1.54, 1.807) is 19.3 Å². The lowest BCUT2D eigenvalue weighted by atomic mass is 10.2. The van der Waals surface area contributed by atoms with Crippen LogP contribution >= 0.6 is 0 Å². The molecule has 94 valence electrons. The van der Waals surface area contributed by atoms with Gasteiger partial charge in [-0.3, -0.25) is 10.1 Å². The molecule has 0 aliphatic carbocycles. The molecule has 1 amide bonds. The number of hydrogen-bond acceptors (Lipinski definition) is 3. The molecule has 0 spiro atoms. The van der Waals surface area contributed by atoms with Crippen LogP contribution in [0, 0.1) is 6.92 Å². The molecule has 0 saturated heterocycles. The first-order valence-corrected chi connectivity index (χ1v) is 5.69. The Hall–Kier alpha value is -2.30. The quantitative estimate of drug-likeness (QED) is 0.867. The Morgan fingerprint density at radius 3 is 2.72 bits per heavy atom. The summed E-state index contributed by atoms with van der Waals surface area (Å²) >= 11 is 0. The first-order valence-electron chi connectivity index (χ1n) is 5.69. The van der Waals surface area contributed by atoms with E-state index in [4.69, 9.17) is 4.74 Å². The smallest absolute Gasteiger partial charge is 0.267 e. The van der Waals surface area contributed by atoms with E-state index in [9.17, 15) is 4.79 Å². The fourth-order valence-electron chi connectivity index (χ4n) is 1.43. The lowest BCUT2D eigenvalue weighted by molar-refractivity contribution is -0.122. The number of amides is 1. The van der Waals surface area contributed by atoms with Crippen LogP contribution in [0.3, 0.4) is 0 Å². The van der Waals surface area contributed by atoms with E-state index < -0.39 is 6.10 Å². The highest BCUT2D eigenvalue weighted by Gasteiger charge is 2.15. The number of imidazole rings is 1. The zero-order chi connectivity index (χ0) is 13.0. The maximum atomic E-state index is 11.8. The standard InChI is InChI=1S/C13H15N3O2/c1-9-3-5-11(6-4-9)18-10(2)12(17)16-13-14-7-8-15-13/h3-8,10H,1-2H3,(H2,14,15,16,17). The molecular weight excluding hydrogens is 230 g/mol. The zero-order valence-electron chi connectivity index (χ0n) is 10.3. The lowest BCUT2D eigenvalue weighted by Crippen LogP contribution is -2.30. The Morgan fingerprint density at radius 1 is 1.39 bits per heavy atom. The summed E-state index contributed by atoms with van der Waals surface area (Å²) in [5.41, 5.74) is 1.15. The van der Waals surface area contributed by atoms with Crippen molar-refractivity contribution in [3.05, 3.63) is 42.2 Å². The van der Waals surface area contributed by atoms with Gasteiger partial charge >= 0.3 is 0 Å². The van der Waals surface area contributed by atoms with E-state index in [1.807, 2.05) is 31.2 Å². The fraction of sp³-hybridized carbons (Fsp3) is 0.231. The molecule has 2 N–H and O–H groups in total. The Morgan fingerprint density at radius 2 is 2.11 bits per heavy atom. The molecule has 0 aliphatic heterocycles. The van der Waals surface area contributed by atoms with Gasteiger partial charge in [-0.1, -0.05) is 17.7 Å². The summed E-state index contributed by atoms with van der Waals surface area (Å²) in [4.78, 5) is 18.5. The highest BCUT2D eigenvalue weighted by atomic mass is 16.5. The third-order valence-electron chi connectivity index (χ3n) is 2.44. The SMILES string of the molecule is Cc1ccc(OC(C)C(=O)Nc2ncc[nH]2)cc1. The molecule has 1 unspecified atom stereocenters. The summed E-state index contributed by atoms with van der Waals surface area (Å²) in [6, 6.07) is 7.55. The molecule has 0 bridgehead atoms. The van der Waals surface area contributed by atoms with E-state index in [1.165, 1.54) is 0 Å². The van der Waals surface area contributed by atoms with E-state index in [2.05, 4.69) is 15.3 Å². The number of benzene rings is 1. The van der Waals surface area contributed by atoms with Gasteiger partial charge in [0.1, 0.15) is 5.75 Å². The van der Waals surface area contributed by atoms with Crippen LogP contribution in [0.2, 0.25) is 0 Å². The van der Waals surface area contributed by atoms with Crippen LogP contribution in [0.1, 0.15) is 12.5 Å². The Kier molecular flexibility index (Phi) is 3.62. The Bertz CT molecular complexity index is 506. The second-order valence-electron chi connectivity index (χ2n) is 4.00. The predicted molar refractivity (Wildman–Crippen MR) is 68.5 cm³/mol. The summed E-state index contributed by atoms with van der Waals surface area (Å²) in [7, 11) is 0. The van der Waals surface area contributed by atoms with Crippen molar-refractivity contribution in [1.82, 2.24) is 9.97 Å². The summed E-state index contributed by atoms with van der Waals surface area (Å²) in [6.45, 7) is 3.69. The molecule has 18 heavy (non-hydrogen) atoms. The Labute approximate surface area is 105 Å². The summed E-state index contributed by atoms with van der Waals surface area (Å²) < 4.78 is 5.53. The maximum Gasteiger partial charge on any atom is 0.267 e. The van der Waals surface area contributed by atoms with E-state index in [0.717, 1.165) is 5.56 Å². The number of aromatic nitrogens is 2. The van der Waals surface area contributed by atoms with Crippen LogP contribution < -0.4 is 10.1 Å². The van der Waals surface area contributed by atoms with Crippen molar-refractivity contribution >= 4 is 11.9 Å². The number of carbonyl (C=O) groups excluding carboxylic acids is 1. The van der Waals surface area contributed by atoms with Crippen molar-refractivity contribution in [2.75, 3.05) is 5.32 Å². The average Bonchev–Trinajstić information content (AvgIpc) is 2.85. The van der Waals surface area contributed by atoms with Crippen LogP contribution in [-0.4, -0.2) is 22.0 Å². The van der Waals surface area contributed by atoms with Gasteiger partial charge in [0.2, 0.25) is 5.95 Å². The zero-order valence-corrected chi connectivity index (χ0v) is 10.3. The molecule has 2 aromatic rings. The number of carbonyl (C=O) groups is 1. The Balaban J connectivity index is 1.93. The molecule has 0 radical (unpaired) electrons. The normalized spacial score (nSPS) is 11.9.